The topological polar surface area (TPSA) is 163 Å². The number of ether oxygens (including phenoxy) is 1. The van der Waals surface area contributed by atoms with Crippen LogP contribution in [0.3, 0.4) is 0 Å². The van der Waals surface area contributed by atoms with Gasteiger partial charge in [-0.1, -0.05) is 13.0 Å². The van der Waals surface area contributed by atoms with Crippen molar-refractivity contribution in [3.8, 4) is 11.5 Å². The number of aromatic amines is 1. The van der Waals surface area contributed by atoms with Gasteiger partial charge in [0.25, 0.3) is 5.91 Å². The van der Waals surface area contributed by atoms with Gasteiger partial charge in [0.1, 0.15) is 23.2 Å². The van der Waals surface area contributed by atoms with E-state index >= 15 is 4.79 Å². The van der Waals surface area contributed by atoms with Crippen molar-refractivity contribution in [1.29, 1.82) is 5.41 Å². The third-order valence-electron chi connectivity index (χ3n) is 10.9. The van der Waals surface area contributed by atoms with Gasteiger partial charge in [-0.3, -0.25) is 20.1 Å². The first kappa shape index (κ1) is 34.9. The van der Waals surface area contributed by atoms with Gasteiger partial charge in [-0.15, -0.1) is 0 Å². The highest BCUT2D eigenvalue weighted by atomic mass is 19.1. The zero-order valence-electron chi connectivity index (χ0n) is 29.9. The minimum atomic E-state index is -1.36. The van der Waals surface area contributed by atoms with Gasteiger partial charge in [-0.05, 0) is 99.9 Å². The molecule has 0 spiro atoms. The second kappa shape index (κ2) is 13.2. The number of nitrogens with zero attached hydrogens (tertiary/aromatic N) is 5. The number of fused-ring (bicyclic) bond motifs is 2. The molecule has 1 fully saturated rings. The van der Waals surface area contributed by atoms with Crippen LogP contribution in [0.15, 0.2) is 53.6 Å². The first-order valence-electron chi connectivity index (χ1n) is 17.6. The summed E-state index contributed by atoms with van der Waals surface area (Å²) in [6.45, 7) is 10.6. The normalized spacial score (nSPS) is 17.6. The molecule has 0 saturated carbocycles. The zero-order valence-corrected chi connectivity index (χ0v) is 29.9. The number of H-pyrrole nitrogens is 1. The highest BCUT2D eigenvalue weighted by Crippen LogP contribution is 2.39. The maximum Gasteiger partial charge on any atom is 0.410 e. The van der Waals surface area contributed by atoms with E-state index in [1.807, 2.05) is 26.0 Å². The van der Waals surface area contributed by atoms with Crippen molar-refractivity contribution in [2.75, 3.05) is 19.8 Å². The molecule has 52 heavy (non-hydrogen) atoms. The summed E-state index contributed by atoms with van der Waals surface area (Å²) in [5.41, 5.74) is 3.42. The van der Waals surface area contributed by atoms with Crippen LogP contribution in [0.25, 0.3) is 22.4 Å². The highest BCUT2D eigenvalue weighted by molar-refractivity contribution is 6.03. The number of aromatic nitrogens is 5. The number of halogens is 1. The van der Waals surface area contributed by atoms with E-state index in [4.69, 9.17) is 15.2 Å². The number of hydrogen-bond donors (Lipinski definition) is 4. The van der Waals surface area contributed by atoms with Crippen LogP contribution in [-0.4, -0.2) is 71.5 Å². The lowest BCUT2D eigenvalue weighted by atomic mass is 9.91. The number of rotatable bonds is 7. The van der Waals surface area contributed by atoms with Gasteiger partial charge >= 0.3 is 11.8 Å². The molecule has 7 rings (SSSR count). The molecule has 1 saturated heterocycles. The van der Waals surface area contributed by atoms with E-state index in [9.17, 15) is 19.1 Å². The maximum atomic E-state index is 15.0. The van der Waals surface area contributed by atoms with Crippen molar-refractivity contribution < 1.29 is 23.8 Å². The van der Waals surface area contributed by atoms with Gasteiger partial charge in [-0.2, -0.15) is 5.10 Å². The summed E-state index contributed by atoms with van der Waals surface area (Å²) >= 11 is 0. The molecule has 13 nitrogen and oxygen atoms in total. The van der Waals surface area contributed by atoms with Crippen molar-refractivity contribution in [2.24, 2.45) is 0 Å². The van der Waals surface area contributed by atoms with Crippen LogP contribution >= 0.6 is 0 Å². The molecule has 2 amide bonds. The van der Waals surface area contributed by atoms with Gasteiger partial charge in [0, 0.05) is 55.0 Å². The van der Waals surface area contributed by atoms with Crippen LogP contribution in [0.1, 0.15) is 90.4 Å². The Balaban J connectivity index is 1.37. The third-order valence-corrected chi connectivity index (χ3v) is 10.9. The molecule has 2 aliphatic heterocycles. The van der Waals surface area contributed by atoms with Gasteiger partial charge in [0.2, 0.25) is 0 Å². The lowest BCUT2D eigenvalue weighted by Crippen LogP contribution is -2.49. The Morgan fingerprint density at radius 3 is 2.50 bits per heavy atom. The monoisotopic (exact) mass is 710 g/mol. The first-order valence-corrected chi connectivity index (χ1v) is 17.6. The molecule has 2 atom stereocenters. The summed E-state index contributed by atoms with van der Waals surface area (Å²) < 4.78 is 25.2. The largest absolute Gasteiger partial charge is 0.465 e. The Morgan fingerprint density at radius 1 is 1.15 bits per heavy atom. The van der Waals surface area contributed by atoms with Crippen LogP contribution in [-0.2, 0) is 16.7 Å². The Labute approximate surface area is 299 Å². The minimum Gasteiger partial charge on any atom is -0.465 e. The summed E-state index contributed by atoms with van der Waals surface area (Å²) in [6.07, 6.45) is 4.27. The average Bonchev–Trinajstić information content (AvgIpc) is 3.84. The number of carbonyl (C=O) groups excluding carboxylic acids is 1. The maximum absolute atomic E-state index is 15.0. The summed E-state index contributed by atoms with van der Waals surface area (Å²) in [5.74, 6) is -0.113. The van der Waals surface area contributed by atoms with Gasteiger partial charge in [-0.25, -0.2) is 18.7 Å². The second-order valence-corrected chi connectivity index (χ2v) is 14.1. The number of aryl methyl sites for hydroxylation is 2. The minimum absolute atomic E-state index is 0.253. The highest BCUT2D eigenvalue weighted by Gasteiger charge is 2.40. The van der Waals surface area contributed by atoms with Crippen molar-refractivity contribution >= 4 is 28.7 Å². The Kier molecular flexibility index (Phi) is 8.89. The molecule has 5 heterocycles. The van der Waals surface area contributed by atoms with E-state index in [1.165, 1.54) is 10.8 Å². The molecule has 5 aromatic rings. The predicted molar refractivity (Wildman–Crippen MR) is 194 cm³/mol. The second-order valence-electron chi connectivity index (χ2n) is 14.1. The number of carbonyl (C=O) groups is 2. The van der Waals surface area contributed by atoms with E-state index in [0.29, 0.717) is 83.6 Å². The van der Waals surface area contributed by atoms with Crippen LogP contribution in [0, 0.1) is 25.1 Å². The zero-order chi connectivity index (χ0) is 37.1. The molecule has 4 N–H and O–H groups in total. The lowest BCUT2D eigenvalue weighted by molar-refractivity contribution is 0.0662. The fourth-order valence-electron chi connectivity index (χ4n) is 7.92. The van der Waals surface area contributed by atoms with Crippen molar-refractivity contribution in [2.45, 2.75) is 77.8 Å². The van der Waals surface area contributed by atoms with Crippen LogP contribution in [0.2, 0.25) is 0 Å². The summed E-state index contributed by atoms with van der Waals surface area (Å²) in [6, 6.07) is 10.8. The molecule has 0 aliphatic carbocycles. The standard InChI is InChI=1S/C38H43FN8O5/c1-6-38(5,35(40)42-37(50)51)46-29-8-7-25(24-10-15-52-16-11-24)19-26(29)20-30(46)34(48)44-13-9-28-31(23(44)4)33(45-14-12-41-36(45)49)47(43-28)27-17-21(2)32(39)22(3)18-27/h7-8,12,14,17-20,23-24H,6,9-11,13,15-16H2,1-5H3,(H2,40,42)(H,41,49)(H,50,51)/t23-,38+/m0/s1. The number of amides is 2. The van der Waals surface area contributed by atoms with Gasteiger partial charge in [0.15, 0.2) is 0 Å². The lowest BCUT2D eigenvalue weighted by Gasteiger charge is -2.37. The number of hydrogen-bond acceptors (Lipinski definition) is 6. The molecule has 0 radical (unpaired) electrons. The van der Waals surface area contributed by atoms with E-state index in [1.54, 1.807) is 53.2 Å². The fraction of sp³-hybridized carbons (Fsp3) is 0.395. The Bertz CT molecular complexity index is 2270. The van der Waals surface area contributed by atoms with E-state index in [-0.39, 0.29) is 17.6 Å². The summed E-state index contributed by atoms with van der Waals surface area (Å²) in [5, 5.41) is 26.5. The Hall–Kier alpha value is -5.50. The molecule has 14 heteroatoms. The van der Waals surface area contributed by atoms with Crippen molar-refractivity contribution in [1.82, 2.24) is 34.1 Å². The van der Waals surface area contributed by atoms with E-state index in [0.717, 1.165) is 23.8 Å². The number of benzene rings is 2. The predicted octanol–water partition coefficient (Wildman–Crippen LogP) is 6.09. The van der Waals surface area contributed by atoms with Crippen LogP contribution < -0.4 is 11.0 Å². The SMILES string of the molecule is CC[C@](C)(C(=N)NC(=O)O)n1c(C(=O)N2CCc3nn(-c4cc(C)c(F)c(C)c4)c(-n4cc[nH]c4=O)c3[C@@H]2C)cc2cc(C3CCOCC3)ccc21. The quantitative estimate of drug-likeness (QED) is 0.118. The molecular weight excluding hydrogens is 667 g/mol. The van der Waals surface area contributed by atoms with Crippen LogP contribution in [0.5, 0.6) is 0 Å². The number of imidazole rings is 1. The van der Waals surface area contributed by atoms with Crippen LogP contribution in [0.4, 0.5) is 9.18 Å². The molecule has 2 aromatic carbocycles. The summed E-state index contributed by atoms with van der Waals surface area (Å²) in [7, 11) is 0. The molecule has 0 bridgehead atoms. The average molecular weight is 711 g/mol. The number of nitrogens with one attached hydrogen (secondary N) is 3. The van der Waals surface area contributed by atoms with Gasteiger partial charge < -0.3 is 24.3 Å². The molecule has 3 aromatic heterocycles. The third kappa shape index (κ3) is 5.70. The van der Waals surface area contributed by atoms with Crippen molar-refractivity contribution in [3.05, 3.63) is 98.7 Å². The van der Waals surface area contributed by atoms with Gasteiger partial charge in [0.05, 0.1) is 23.0 Å². The van der Waals surface area contributed by atoms with E-state index in [2.05, 4.69) is 22.4 Å². The van der Waals surface area contributed by atoms with Crippen molar-refractivity contribution in [3.63, 3.8) is 0 Å². The number of amidine groups is 1. The van der Waals surface area contributed by atoms with E-state index < -0.39 is 23.4 Å². The molecular formula is C38H43FN8O5. The number of carboxylic acid groups (broad SMARTS) is 1. The Morgan fingerprint density at radius 2 is 1.87 bits per heavy atom. The summed E-state index contributed by atoms with van der Waals surface area (Å²) in [4.78, 5) is 44.3. The molecule has 2 aliphatic rings. The smallest absolute Gasteiger partial charge is 0.410 e. The molecule has 272 valence electrons. The fourth-order valence-corrected chi connectivity index (χ4v) is 7.92. The molecule has 0 unspecified atom stereocenters. The first-order chi connectivity index (χ1) is 24.8.